The Labute approximate surface area is 126 Å². The second kappa shape index (κ2) is 4.23. The lowest BCUT2D eigenvalue weighted by Gasteiger charge is -2.15. The predicted octanol–water partition coefficient (Wildman–Crippen LogP) is 2.21. The number of nitrogens with two attached hydrogens (primary N) is 1. The Bertz CT molecular complexity index is 674. The Hall–Kier alpha value is -1.07. The summed E-state index contributed by atoms with van der Waals surface area (Å²) < 4.78 is 28.5. The van der Waals surface area contributed by atoms with Crippen LogP contribution in [0, 0.1) is 37.5 Å². The standard InChI is InChI=1S/C16H22N2O2S/c1-8-5-12(17)6-9(2)16(8)21(19,20)18-15-13-10-3-4-11(7-10)14(13)15/h5-6,10-11,13-15,18H,3-4,7,17H2,1-2H3. The molecule has 1 aromatic rings. The van der Waals surface area contributed by atoms with Crippen molar-refractivity contribution in [1.29, 1.82) is 0 Å². The summed E-state index contributed by atoms with van der Waals surface area (Å²) in [6.07, 6.45) is 3.92. The molecule has 3 saturated carbocycles. The molecule has 0 radical (unpaired) electrons. The van der Waals surface area contributed by atoms with Gasteiger partial charge in [-0.05, 0) is 80.0 Å². The molecule has 0 aromatic heterocycles. The number of anilines is 1. The maximum Gasteiger partial charge on any atom is 0.241 e. The topological polar surface area (TPSA) is 72.2 Å². The van der Waals surface area contributed by atoms with Crippen molar-refractivity contribution in [3.05, 3.63) is 23.3 Å². The first kappa shape index (κ1) is 13.6. The molecule has 3 N–H and O–H groups in total. The van der Waals surface area contributed by atoms with Crippen molar-refractivity contribution in [3.8, 4) is 0 Å². The summed E-state index contributed by atoms with van der Waals surface area (Å²) in [5.41, 5.74) is 7.87. The third kappa shape index (κ3) is 1.94. The minimum Gasteiger partial charge on any atom is -0.399 e. The lowest BCUT2D eigenvalue weighted by molar-refractivity contribution is 0.456. The molecule has 0 heterocycles. The van der Waals surface area contributed by atoms with Gasteiger partial charge in [0.25, 0.3) is 0 Å². The fourth-order valence-electron chi connectivity index (χ4n) is 5.13. The van der Waals surface area contributed by atoms with Crippen LogP contribution < -0.4 is 10.5 Å². The molecule has 4 atom stereocenters. The van der Waals surface area contributed by atoms with Crippen molar-refractivity contribution in [2.45, 2.75) is 44.0 Å². The molecule has 114 valence electrons. The third-order valence-corrected chi connectivity index (χ3v) is 7.54. The highest BCUT2D eigenvalue weighted by Crippen LogP contribution is 2.65. The summed E-state index contributed by atoms with van der Waals surface area (Å²) in [6, 6.07) is 3.65. The lowest BCUT2D eigenvalue weighted by atomic mass is 10.0. The zero-order chi connectivity index (χ0) is 14.9. The molecule has 0 amide bonds. The van der Waals surface area contributed by atoms with Crippen LogP contribution in [0.1, 0.15) is 30.4 Å². The van der Waals surface area contributed by atoms with Crippen LogP contribution in [0.5, 0.6) is 0 Å². The van der Waals surface area contributed by atoms with E-state index >= 15 is 0 Å². The maximum absolute atomic E-state index is 12.7. The van der Waals surface area contributed by atoms with Gasteiger partial charge in [0.1, 0.15) is 0 Å². The highest BCUT2D eigenvalue weighted by Gasteiger charge is 2.65. The van der Waals surface area contributed by atoms with E-state index in [4.69, 9.17) is 5.73 Å². The maximum atomic E-state index is 12.7. The number of fused-ring (bicyclic) bond motifs is 5. The van der Waals surface area contributed by atoms with Crippen LogP contribution in [-0.2, 0) is 10.0 Å². The number of nitrogen functional groups attached to an aromatic ring is 1. The predicted molar refractivity (Wildman–Crippen MR) is 82.2 cm³/mol. The van der Waals surface area contributed by atoms with Crippen molar-refractivity contribution in [2.24, 2.45) is 23.7 Å². The summed E-state index contributed by atoms with van der Waals surface area (Å²) in [6.45, 7) is 3.63. The molecule has 3 aliphatic carbocycles. The smallest absolute Gasteiger partial charge is 0.241 e. The average molecular weight is 306 g/mol. The number of hydrogen-bond acceptors (Lipinski definition) is 3. The van der Waals surface area contributed by atoms with Gasteiger partial charge in [-0.3, -0.25) is 0 Å². The lowest BCUT2D eigenvalue weighted by Crippen LogP contribution is -2.31. The number of benzene rings is 1. The first-order chi connectivity index (χ1) is 9.88. The average Bonchev–Trinajstić information content (AvgIpc) is 2.77. The van der Waals surface area contributed by atoms with Crippen molar-refractivity contribution in [3.63, 3.8) is 0 Å². The van der Waals surface area contributed by atoms with Crippen LogP contribution >= 0.6 is 0 Å². The number of nitrogens with one attached hydrogen (secondary N) is 1. The zero-order valence-corrected chi connectivity index (χ0v) is 13.3. The van der Waals surface area contributed by atoms with Gasteiger partial charge in [-0.1, -0.05) is 0 Å². The van der Waals surface area contributed by atoms with Gasteiger partial charge in [0.15, 0.2) is 0 Å². The molecule has 3 fully saturated rings. The quantitative estimate of drug-likeness (QED) is 0.841. The zero-order valence-electron chi connectivity index (χ0n) is 12.5. The van der Waals surface area contributed by atoms with E-state index in [1.807, 2.05) is 13.8 Å². The summed E-state index contributed by atoms with van der Waals surface area (Å²) in [5.74, 6) is 2.74. The van der Waals surface area contributed by atoms with E-state index in [1.54, 1.807) is 12.1 Å². The minimum atomic E-state index is -3.44. The highest BCUT2D eigenvalue weighted by atomic mass is 32.2. The Morgan fingerprint density at radius 3 is 2.14 bits per heavy atom. The molecule has 4 rings (SSSR count). The SMILES string of the molecule is Cc1cc(N)cc(C)c1S(=O)(=O)NC1C2C3CCC(C3)C12. The van der Waals surface area contributed by atoms with Gasteiger partial charge < -0.3 is 5.73 Å². The van der Waals surface area contributed by atoms with Gasteiger partial charge in [0.2, 0.25) is 10.0 Å². The molecular formula is C16H22N2O2S. The van der Waals surface area contributed by atoms with E-state index in [0.717, 1.165) is 23.0 Å². The van der Waals surface area contributed by atoms with Crippen LogP contribution in [0.15, 0.2) is 17.0 Å². The largest absolute Gasteiger partial charge is 0.399 e. The number of aryl methyl sites for hydroxylation is 2. The highest BCUT2D eigenvalue weighted by molar-refractivity contribution is 7.89. The van der Waals surface area contributed by atoms with E-state index in [-0.39, 0.29) is 6.04 Å². The Morgan fingerprint density at radius 1 is 1.10 bits per heavy atom. The molecule has 4 unspecified atom stereocenters. The molecule has 4 nitrogen and oxygen atoms in total. The van der Waals surface area contributed by atoms with Crippen molar-refractivity contribution in [1.82, 2.24) is 4.72 Å². The molecule has 0 spiro atoms. The van der Waals surface area contributed by atoms with Crippen LogP contribution in [0.3, 0.4) is 0 Å². The van der Waals surface area contributed by atoms with E-state index in [9.17, 15) is 8.42 Å². The van der Waals surface area contributed by atoms with E-state index < -0.39 is 10.0 Å². The van der Waals surface area contributed by atoms with Gasteiger partial charge in [-0.15, -0.1) is 0 Å². The number of hydrogen-bond donors (Lipinski definition) is 2. The Kier molecular flexibility index (Phi) is 2.74. The van der Waals surface area contributed by atoms with Gasteiger partial charge in [0, 0.05) is 11.7 Å². The van der Waals surface area contributed by atoms with Crippen LogP contribution in [-0.4, -0.2) is 14.5 Å². The van der Waals surface area contributed by atoms with E-state index in [1.165, 1.54) is 19.3 Å². The van der Waals surface area contributed by atoms with Crippen molar-refractivity contribution >= 4 is 15.7 Å². The van der Waals surface area contributed by atoms with Gasteiger partial charge >= 0.3 is 0 Å². The Morgan fingerprint density at radius 2 is 1.62 bits per heavy atom. The number of sulfonamides is 1. The van der Waals surface area contributed by atoms with Crippen LogP contribution in [0.25, 0.3) is 0 Å². The summed E-state index contributed by atoms with van der Waals surface area (Å²) >= 11 is 0. The fourth-order valence-corrected chi connectivity index (χ4v) is 6.88. The second-order valence-corrected chi connectivity index (χ2v) is 8.77. The molecule has 21 heavy (non-hydrogen) atoms. The summed E-state index contributed by atoms with van der Waals surface area (Å²) in [7, 11) is -3.44. The molecule has 0 aliphatic heterocycles. The molecule has 1 aromatic carbocycles. The molecule has 2 bridgehead atoms. The summed E-state index contributed by atoms with van der Waals surface area (Å²) in [4.78, 5) is 0.411. The van der Waals surface area contributed by atoms with Crippen LogP contribution in [0.4, 0.5) is 5.69 Å². The summed E-state index contributed by atoms with van der Waals surface area (Å²) in [5, 5.41) is 0. The fraction of sp³-hybridized carbons (Fsp3) is 0.625. The molecule has 3 aliphatic rings. The van der Waals surface area contributed by atoms with Crippen LogP contribution in [0.2, 0.25) is 0 Å². The molecular weight excluding hydrogens is 284 g/mol. The third-order valence-electron chi connectivity index (χ3n) is 5.78. The van der Waals surface area contributed by atoms with Gasteiger partial charge in [-0.25, -0.2) is 13.1 Å². The Balaban J connectivity index is 1.61. The minimum absolute atomic E-state index is 0.178. The monoisotopic (exact) mass is 306 g/mol. The van der Waals surface area contributed by atoms with E-state index in [2.05, 4.69) is 4.72 Å². The van der Waals surface area contributed by atoms with Gasteiger partial charge in [-0.2, -0.15) is 0 Å². The van der Waals surface area contributed by atoms with Gasteiger partial charge in [0.05, 0.1) is 4.90 Å². The molecule has 5 heteroatoms. The first-order valence-electron chi connectivity index (χ1n) is 7.77. The molecule has 0 saturated heterocycles. The number of rotatable bonds is 3. The van der Waals surface area contributed by atoms with Crippen molar-refractivity contribution < 1.29 is 8.42 Å². The second-order valence-electron chi connectivity index (χ2n) is 7.12. The normalized spacial score (nSPS) is 36.8. The van der Waals surface area contributed by atoms with Crippen molar-refractivity contribution in [2.75, 3.05) is 5.73 Å². The first-order valence-corrected chi connectivity index (χ1v) is 9.26. The van der Waals surface area contributed by atoms with E-state index in [0.29, 0.717) is 22.4 Å².